The van der Waals surface area contributed by atoms with E-state index in [0.29, 0.717) is 16.8 Å². The molecular weight excluding hydrogens is 240 g/mol. The number of benzene rings is 1. The molecule has 0 atom stereocenters. The quantitative estimate of drug-likeness (QED) is 0.904. The van der Waals surface area contributed by atoms with Crippen molar-refractivity contribution in [2.45, 2.75) is 33.3 Å². The normalized spacial score (nSPS) is 10.4. The van der Waals surface area contributed by atoms with E-state index < -0.39 is 0 Å². The fraction of sp³-hybridized carbons (Fsp3) is 0.357. The standard InChI is InChI=1S/C14H16N4O/c1-3-13-16-14(4-2)18(17-13)12-6-5-10(9-19)7-11(12)8-15/h5-7,19H,3-4,9H2,1-2H3. The largest absolute Gasteiger partial charge is 0.392 e. The van der Waals surface area contributed by atoms with Crippen LogP contribution in [0.4, 0.5) is 0 Å². The molecule has 0 aliphatic rings. The van der Waals surface area contributed by atoms with Crippen LogP contribution in [-0.4, -0.2) is 19.9 Å². The molecule has 0 unspecified atom stereocenters. The average molecular weight is 256 g/mol. The summed E-state index contributed by atoms with van der Waals surface area (Å²) in [4.78, 5) is 4.43. The van der Waals surface area contributed by atoms with Gasteiger partial charge in [-0.05, 0) is 17.7 Å². The molecule has 5 heteroatoms. The lowest BCUT2D eigenvalue weighted by molar-refractivity contribution is 0.282. The van der Waals surface area contributed by atoms with Gasteiger partial charge in [-0.15, -0.1) is 0 Å². The van der Waals surface area contributed by atoms with Gasteiger partial charge in [0.15, 0.2) is 5.82 Å². The minimum atomic E-state index is -0.0762. The lowest BCUT2D eigenvalue weighted by Crippen LogP contribution is -2.05. The fourth-order valence-electron chi connectivity index (χ4n) is 1.92. The van der Waals surface area contributed by atoms with Gasteiger partial charge in [-0.1, -0.05) is 19.9 Å². The molecule has 0 spiro atoms. The highest BCUT2D eigenvalue weighted by atomic mass is 16.3. The molecule has 1 N–H and O–H groups in total. The van der Waals surface area contributed by atoms with Crippen LogP contribution < -0.4 is 0 Å². The van der Waals surface area contributed by atoms with Crippen LogP contribution in [0.2, 0.25) is 0 Å². The van der Waals surface area contributed by atoms with E-state index in [4.69, 9.17) is 5.11 Å². The summed E-state index contributed by atoms with van der Waals surface area (Å²) in [6.07, 6.45) is 1.51. The van der Waals surface area contributed by atoms with Crippen molar-refractivity contribution in [3.8, 4) is 11.8 Å². The lowest BCUT2D eigenvalue weighted by atomic mass is 10.1. The third-order valence-corrected chi connectivity index (χ3v) is 2.94. The van der Waals surface area contributed by atoms with Gasteiger partial charge in [0.25, 0.3) is 0 Å². The summed E-state index contributed by atoms with van der Waals surface area (Å²) in [6.45, 7) is 3.93. The van der Waals surface area contributed by atoms with E-state index in [0.717, 1.165) is 24.5 Å². The molecule has 5 nitrogen and oxygen atoms in total. The molecule has 0 aliphatic heterocycles. The highest BCUT2D eigenvalue weighted by Crippen LogP contribution is 2.18. The molecule has 0 saturated heterocycles. The first-order valence-corrected chi connectivity index (χ1v) is 6.32. The Morgan fingerprint density at radius 1 is 1.32 bits per heavy atom. The van der Waals surface area contributed by atoms with Gasteiger partial charge in [-0.2, -0.15) is 10.4 Å². The molecule has 0 bridgehead atoms. The summed E-state index contributed by atoms with van der Waals surface area (Å²) < 4.78 is 1.72. The van der Waals surface area contributed by atoms with Crippen molar-refractivity contribution in [2.75, 3.05) is 0 Å². The van der Waals surface area contributed by atoms with Gasteiger partial charge in [-0.25, -0.2) is 9.67 Å². The number of aryl methyl sites for hydroxylation is 2. The number of hydrogen-bond acceptors (Lipinski definition) is 4. The Morgan fingerprint density at radius 2 is 2.11 bits per heavy atom. The van der Waals surface area contributed by atoms with Crippen molar-refractivity contribution in [3.05, 3.63) is 41.0 Å². The van der Waals surface area contributed by atoms with Crippen LogP contribution >= 0.6 is 0 Å². The van der Waals surface area contributed by atoms with E-state index in [-0.39, 0.29) is 6.61 Å². The van der Waals surface area contributed by atoms with Crippen LogP contribution in [0.5, 0.6) is 0 Å². The molecule has 2 aromatic rings. The number of aliphatic hydroxyl groups is 1. The molecule has 0 radical (unpaired) electrons. The summed E-state index contributed by atoms with van der Waals surface area (Å²) in [5, 5.41) is 22.8. The number of rotatable bonds is 4. The van der Waals surface area contributed by atoms with Crippen molar-refractivity contribution >= 4 is 0 Å². The predicted molar refractivity (Wildman–Crippen MR) is 70.8 cm³/mol. The van der Waals surface area contributed by atoms with Crippen molar-refractivity contribution < 1.29 is 5.11 Å². The van der Waals surface area contributed by atoms with Crippen LogP contribution in [0, 0.1) is 11.3 Å². The molecule has 1 aromatic carbocycles. The van der Waals surface area contributed by atoms with E-state index in [2.05, 4.69) is 16.2 Å². The average Bonchev–Trinajstić information content (AvgIpc) is 2.89. The Morgan fingerprint density at radius 3 is 2.68 bits per heavy atom. The van der Waals surface area contributed by atoms with Crippen LogP contribution in [-0.2, 0) is 19.4 Å². The third-order valence-electron chi connectivity index (χ3n) is 2.94. The van der Waals surface area contributed by atoms with E-state index in [1.54, 1.807) is 22.9 Å². The molecule has 0 saturated carbocycles. The Hall–Kier alpha value is -2.19. The van der Waals surface area contributed by atoms with Crippen molar-refractivity contribution in [1.82, 2.24) is 14.8 Å². The van der Waals surface area contributed by atoms with Crippen molar-refractivity contribution in [2.24, 2.45) is 0 Å². The fourth-order valence-corrected chi connectivity index (χ4v) is 1.92. The van der Waals surface area contributed by atoms with Crippen LogP contribution in [0.15, 0.2) is 18.2 Å². The monoisotopic (exact) mass is 256 g/mol. The molecule has 0 fully saturated rings. The Bertz CT molecular complexity index is 625. The van der Waals surface area contributed by atoms with E-state index in [1.165, 1.54) is 0 Å². The number of hydrogen-bond donors (Lipinski definition) is 1. The molecule has 2 rings (SSSR count). The van der Waals surface area contributed by atoms with E-state index in [9.17, 15) is 5.26 Å². The topological polar surface area (TPSA) is 74.7 Å². The molecular formula is C14H16N4O. The summed E-state index contributed by atoms with van der Waals surface area (Å²) >= 11 is 0. The summed E-state index contributed by atoms with van der Waals surface area (Å²) in [5.74, 6) is 1.61. The van der Waals surface area contributed by atoms with Crippen LogP contribution in [0.3, 0.4) is 0 Å². The van der Waals surface area contributed by atoms with Crippen LogP contribution in [0.25, 0.3) is 5.69 Å². The predicted octanol–water partition coefficient (Wildman–Crippen LogP) is 1.76. The maximum atomic E-state index is 9.23. The highest BCUT2D eigenvalue weighted by molar-refractivity contribution is 5.50. The number of aliphatic hydroxyl groups excluding tert-OH is 1. The minimum Gasteiger partial charge on any atom is -0.392 e. The van der Waals surface area contributed by atoms with Gasteiger partial charge in [0, 0.05) is 12.8 Å². The van der Waals surface area contributed by atoms with E-state index in [1.807, 2.05) is 13.8 Å². The second-order valence-corrected chi connectivity index (χ2v) is 4.18. The third kappa shape index (κ3) is 2.49. The maximum Gasteiger partial charge on any atom is 0.151 e. The van der Waals surface area contributed by atoms with Gasteiger partial charge >= 0.3 is 0 Å². The lowest BCUT2D eigenvalue weighted by Gasteiger charge is -2.07. The molecule has 0 amide bonds. The van der Waals surface area contributed by atoms with Gasteiger partial charge in [0.1, 0.15) is 11.9 Å². The molecule has 98 valence electrons. The second kappa shape index (κ2) is 5.63. The smallest absolute Gasteiger partial charge is 0.151 e. The summed E-state index contributed by atoms with van der Waals surface area (Å²) in [5.41, 5.74) is 1.92. The first kappa shape index (κ1) is 13.2. The Kier molecular flexibility index (Phi) is 3.93. The number of nitriles is 1. The van der Waals surface area contributed by atoms with E-state index >= 15 is 0 Å². The Balaban J connectivity index is 2.58. The van der Waals surface area contributed by atoms with Gasteiger partial charge in [0.05, 0.1) is 17.9 Å². The first-order chi connectivity index (χ1) is 9.23. The van der Waals surface area contributed by atoms with Crippen LogP contribution in [0.1, 0.15) is 36.6 Å². The zero-order valence-electron chi connectivity index (χ0n) is 11.1. The molecule has 0 aliphatic carbocycles. The highest BCUT2D eigenvalue weighted by Gasteiger charge is 2.13. The maximum absolute atomic E-state index is 9.23. The van der Waals surface area contributed by atoms with Crippen molar-refractivity contribution in [3.63, 3.8) is 0 Å². The van der Waals surface area contributed by atoms with Gasteiger partial charge in [0.2, 0.25) is 0 Å². The Labute approximate surface area is 112 Å². The molecule has 19 heavy (non-hydrogen) atoms. The summed E-state index contributed by atoms with van der Waals surface area (Å²) in [6, 6.07) is 7.43. The minimum absolute atomic E-state index is 0.0762. The SMILES string of the molecule is CCc1nc(CC)n(-c2ccc(CO)cc2C#N)n1. The van der Waals surface area contributed by atoms with Gasteiger partial charge in [-0.3, -0.25) is 0 Å². The zero-order valence-corrected chi connectivity index (χ0v) is 11.1. The van der Waals surface area contributed by atoms with Gasteiger partial charge < -0.3 is 5.11 Å². The van der Waals surface area contributed by atoms with Crippen molar-refractivity contribution in [1.29, 1.82) is 5.26 Å². The second-order valence-electron chi connectivity index (χ2n) is 4.18. The molecule has 1 heterocycles. The zero-order chi connectivity index (χ0) is 13.8. The number of nitrogens with zero attached hydrogens (tertiary/aromatic N) is 4. The molecule has 1 aromatic heterocycles. The summed E-state index contributed by atoms with van der Waals surface area (Å²) in [7, 11) is 0. The number of aromatic nitrogens is 3. The first-order valence-electron chi connectivity index (χ1n) is 6.32.